The number of nitro groups is 1. The normalized spacial score (nSPS) is 24.1. The molecule has 1 heterocycles. The molecule has 24 heavy (non-hydrogen) atoms. The number of aryl methyl sites for hydroxylation is 1. The van der Waals surface area contributed by atoms with E-state index in [2.05, 4.69) is 17.5 Å². The molecule has 0 fully saturated rings. The lowest BCUT2D eigenvalue weighted by Crippen LogP contribution is -2.29. The lowest BCUT2D eigenvalue weighted by atomic mass is 9.76. The van der Waals surface area contributed by atoms with Crippen molar-refractivity contribution in [2.45, 2.75) is 25.3 Å². The highest BCUT2D eigenvalue weighted by Gasteiger charge is 2.39. The molecule has 0 bridgehead atoms. The van der Waals surface area contributed by atoms with Crippen molar-refractivity contribution in [1.29, 1.82) is 0 Å². The maximum absolute atomic E-state index is 11.2. The third-order valence-corrected chi connectivity index (χ3v) is 5.11. The van der Waals surface area contributed by atoms with Gasteiger partial charge in [0.15, 0.2) is 0 Å². The van der Waals surface area contributed by atoms with Gasteiger partial charge in [-0.15, -0.1) is 0 Å². The highest BCUT2D eigenvalue weighted by molar-refractivity contribution is 5.67. The molecule has 1 aliphatic carbocycles. The van der Waals surface area contributed by atoms with Crippen LogP contribution in [0, 0.1) is 23.0 Å². The Labute approximate surface area is 139 Å². The quantitative estimate of drug-likeness (QED) is 0.487. The fourth-order valence-corrected chi connectivity index (χ4v) is 3.98. The summed E-state index contributed by atoms with van der Waals surface area (Å²) in [5.74, 6) is 0.755. The summed E-state index contributed by atoms with van der Waals surface area (Å²) in [4.78, 5) is 10.9. The Bertz CT molecular complexity index is 842. The molecule has 3 unspecified atom stereocenters. The van der Waals surface area contributed by atoms with Crippen molar-refractivity contribution in [1.82, 2.24) is 0 Å². The minimum absolute atomic E-state index is 0.123. The summed E-state index contributed by atoms with van der Waals surface area (Å²) in [5, 5.41) is 24.3. The van der Waals surface area contributed by atoms with Gasteiger partial charge in [0.1, 0.15) is 5.75 Å². The van der Waals surface area contributed by atoms with Crippen LogP contribution < -0.4 is 5.32 Å². The molecule has 2 aromatic rings. The van der Waals surface area contributed by atoms with E-state index in [-0.39, 0.29) is 28.3 Å². The molecule has 4 rings (SSSR count). The van der Waals surface area contributed by atoms with Crippen LogP contribution in [0.5, 0.6) is 5.75 Å². The molecular formula is C19H18N2O3. The minimum Gasteiger partial charge on any atom is -0.508 e. The number of anilines is 1. The molecule has 0 spiro atoms. The van der Waals surface area contributed by atoms with Crippen molar-refractivity contribution < 1.29 is 10.0 Å². The molecular weight excluding hydrogens is 304 g/mol. The zero-order chi connectivity index (χ0) is 16.8. The van der Waals surface area contributed by atoms with Crippen LogP contribution in [0.1, 0.15) is 35.1 Å². The van der Waals surface area contributed by atoms with Crippen LogP contribution in [0.2, 0.25) is 0 Å². The zero-order valence-electron chi connectivity index (χ0n) is 13.3. The van der Waals surface area contributed by atoms with Crippen LogP contribution in [-0.4, -0.2) is 10.0 Å². The van der Waals surface area contributed by atoms with Gasteiger partial charge in [-0.2, -0.15) is 0 Å². The number of hydrogen-bond acceptors (Lipinski definition) is 4. The molecule has 5 heteroatoms. The SMILES string of the molecule is Cc1cc([N+](=O)[O-])cc2c1NC(c1ccc(O)cc1)C1CC=CC21. The standard InChI is InChI=1S/C19H18N2O3/c1-11-9-13(21(23)24)10-17-15-3-2-4-16(15)19(20-18(11)17)12-5-7-14(22)8-6-12/h2-3,5-10,15-16,19-20,22H,4H2,1H3. The van der Waals surface area contributed by atoms with Crippen molar-refractivity contribution >= 4 is 11.4 Å². The Morgan fingerprint density at radius 1 is 1.25 bits per heavy atom. The fraction of sp³-hybridized carbons (Fsp3) is 0.263. The molecule has 2 aromatic carbocycles. The van der Waals surface area contributed by atoms with Gasteiger partial charge < -0.3 is 10.4 Å². The van der Waals surface area contributed by atoms with E-state index in [4.69, 9.17) is 0 Å². The van der Waals surface area contributed by atoms with Gasteiger partial charge in [-0.3, -0.25) is 10.1 Å². The maximum atomic E-state index is 11.2. The van der Waals surface area contributed by atoms with E-state index < -0.39 is 0 Å². The molecule has 0 amide bonds. The van der Waals surface area contributed by atoms with Crippen LogP contribution in [0.3, 0.4) is 0 Å². The Balaban J connectivity index is 1.82. The molecule has 0 aromatic heterocycles. The van der Waals surface area contributed by atoms with Gasteiger partial charge in [0.2, 0.25) is 0 Å². The number of allylic oxidation sites excluding steroid dienone is 2. The molecule has 0 radical (unpaired) electrons. The van der Waals surface area contributed by atoms with Gasteiger partial charge in [0.25, 0.3) is 5.69 Å². The topological polar surface area (TPSA) is 75.4 Å². The number of benzene rings is 2. The minimum atomic E-state index is -0.326. The maximum Gasteiger partial charge on any atom is 0.270 e. The predicted molar refractivity (Wildman–Crippen MR) is 92.3 cm³/mol. The first-order valence-electron chi connectivity index (χ1n) is 8.05. The largest absolute Gasteiger partial charge is 0.508 e. The summed E-state index contributed by atoms with van der Waals surface area (Å²) < 4.78 is 0. The van der Waals surface area contributed by atoms with Crippen LogP contribution in [0.4, 0.5) is 11.4 Å². The van der Waals surface area contributed by atoms with Crippen molar-refractivity contribution in [2.75, 3.05) is 5.32 Å². The van der Waals surface area contributed by atoms with Gasteiger partial charge in [0.05, 0.1) is 11.0 Å². The van der Waals surface area contributed by atoms with Crippen LogP contribution in [0.15, 0.2) is 48.6 Å². The Morgan fingerprint density at radius 3 is 2.71 bits per heavy atom. The third kappa shape index (κ3) is 2.24. The van der Waals surface area contributed by atoms with E-state index in [0.29, 0.717) is 5.92 Å². The van der Waals surface area contributed by atoms with Gasteiger partial charge in [-0.25, -0.2) is 0 Å². The highest BCUT2D eigenvalue weighted by atomic mass is 16.6. The van der Waals surface area contributed by atoms with Crippen LogP contribution >= 0.6 is 0 Å². The van der Waals surface area contributed by atoms with Crippen molar-refractivity contribution in [2.24, 2.45) is 5.92 Å². The third-order valence-electron chi connectivity index (χ3n) is 5.11. The van der Waals surface area contributed by atoms with E-state index in [1.54, 1.807) is 24.3 Å². The number of aromatic hydroxyl groups is 1. The second-order valence-electron chi connectivity index (χ2n) is 6.55. The molecule has 0 saturated heterocycles. The van der Waals surface area contributed by atoms with Crippen molar-refractivity contribution in [3.8, 4) is 5.75 Å². The van der Waals surface area contributed by atoms with Crippen molar-refractivity contribution in [3.05, 3.63) is 75.4 Å². The molecule has 2 aliphatic rings. The molecule has 0 saturated carbocycles. The first-order valence-corrected chi connectivity index (χ1v) is 8.05. The second kappa shape index (κ2) is 5.37. The smallest absolute Gasteiger partial charge is 0.270 e. The van der Waals surface area contributed by atoms with Crippen LogP contribution in [-0.2, 0) is 0 Å². The summed E-state index contributed by atoms with van der Waals surface area (Å²) in [6.07, 6.45) is 5.26. The molecule has 5 nitrogen and oxygen atoms in total. The predicted octanol–water partition coefficient (Wildman–Crippen LogP) is 4.44. The number of hydrogen-bond donors (Lipinski definition) is 2. The number of phenols is 1. The highest BCUT2D eigenvalue weighted by Crippen LogP contribution is 2.51. The average Bonchev–Trinajstić information content (AvgIpc) is 3.05. The number of rotatable bonds is 2. The van der Waals surface area contributed by atoms with E-state index >= 15 is 0 Å². The Morgan fingerprint density at radius 2 is 2.00 bits per heavy atom. The molecule has 1 aliphatic heterocycles. The fourth-order valence-electron chi connectivity index (χ4n) is 3.98. The monoisotopic (exact) mass is 322 g/mol. The summed E-state index contributed by atoms with van der Waals surface area (Å²) in [5.41, 5.74) is 4.16. The van der Waals surface area contributed by atoms with E-state index in [0.717, 1.165) is 28.8 Å². The van der Waals surface area contributed by atoms with Crippen molar-refractivity contribution in [3.63, 3.8) is 0 Å². The first-order chi connectivity index (χ1) is 11.5. The van der Waals surface area contributed by atoms with Crippen LogP contribution in [0.25, 0.3) is 0 Å². The molecule has 3 atom stereocenters. The average molecular weight is 322 g/mol. The second-order valence-corrected chi connectivity index (χ2v) is 6.55. The van der Waals surface area contributed by atoms with E-state index in [1.165, 1.54) is 0 Å². The Kier molecular flexibility index (Phi) is 3.30. The number of nitrogens with one attached hydrogen (secondary N) is 1. The summed E-state index contributed by atoms with van der Waals surface area (Å²) >= 11 is 0. The summed E-state index contributed by atoms with van der Waals surface area (Å²) in [6.45, 7) is 1.91. The molecule has 122 valence electrons. The summed E-state index contributed by atoms with van der Waals surface area (Å²) in [6, 6.07) is 10.7. The summed E-state index contributed by atoms with van der Waals surface area (Å²) in [7, 11) is 0. The lowest BCUT2D eigenvalue weighted by molar-refractivity contribution is -0.385. The number of non-ortho nitro benzene ring substituents is 1. The van der Waals surface area contributed by atoms with Gasteiger partial charge in [-0.1, -0.05) is 24.3 Å². The lowest BCUT2D eigenvalue weighted by Gasteiger charge is -2.38. The zero-order valence-corrected chi connectivity index (χ0v) is 13.3. The number of nitro benzene ring substituents is 1. The molecule has 2 N–H and O–H groups in total. The van der Waals surface area contributed by atoms with E-state index in [9.17, 15) is 15.2 Å². The van der Waals surface area contributed by atoms with E-state index in [1.807, 2.05) is 19.1 Å². The number of phenolic OH excluding ortho intramolecular Hbond substituents is 1. The van der Waals surface area contributed by atoms with Gasteiger partial charge >= 0.3 is 0 Å². The number of nitrogens with zero attached hydrogens (tertiary/aromatic N) is 1. The van der Waals surface area contributed by atoms with Gasteiger partial charge in [-0.05, 0) is 48.1 Å². The number of fused-ring (bicyclic) bond motifs is 3. The Hall–Kier alpha value is -2.82. The van der Waals surface area contributed by atoms with Gasteiger partial charge in [0, 0.05) is 23.7 Å². The first kappa shape index (κ1) is 14.8.